The van der Waals surface area contributed by atoms with Crippen LogP contribution in [0.25, 0.3) is 0 Å². The van der Waals surface area contributed by atoms with Crippen molar-refractivity contribution in [2.75, 3.05) is 30.3 Å². The van der Waals surface area contributed by atoms with Gasteiger partial charge in [0.05, 0.1) is 0 Å². The van der Waals surface area contributed by atoms with Crippen LogP contribution >= 0.6 is 27.7 Å². The minimum absolute atomic E-state index is 0.835. The predicted octanol–water partition coefficient (Wildman–Crippen LogP) is 2.97. The summed E-state index contributed by atoms with van der Waals surface area (Å²) in [6.07, 6.45) is 1.30. The van der Waals surface area contributed by atoms with E-state index in [4.69, 9.17) is 5.73 Å². The molecule has 1 aliphatic heterocycles. The van der Waals surface area contributed by atoms with Gasteiger partial charge in [-0.2, -0.15) is 11.8 Å². The zero-order valence-electron chi connectivity index (χ0n) is 9.29. The molecule has 0 aliphatic carbocycles. The van der Waals surface area contributed by atoms with Crippen LogP contribution in [-0.2, 0) is 6.54 Å². The van der Waals surface area contributed by atoms with E-state index < -0.39 is 0 Å². The second-order valence-electron chi connectivity index (χ2n) is 4.06. The molecule has 88 valence electrons. The molecule has 0 saturated carbocycles. The minimum Gasteiger partial charge on any atom is -0.398 e. The maximum absolute atomic E-state index is 5.89. The summed E-state index contributed by atoms with van der Waals surface area (Å²) >= 11 is 5.63. The Hall–Kier alpha value is -0.190. The van der Waals surface area contributed by atoms with Crippen LogP contribution in [0.1, 0.15) is 12.0 Å². The molecule has 0 amide bonds. The SMILES string of the molecule is Nc1cccc(CN2CCCSCC2)c1Br. The maximum Gasteiger partial charge on any atom is 0.0461 e. The Bertz CT molecular complexity index is 349. The lowest BCUT2D eigenvalue weighted by molar-refractivity contribution is 0.287. The molecule has 0 atom stereocenters. The quantitative estimate of drug-likeness (QED) is 0.852. The molecule has 1 aromatic rings. The second-order valence-corrected chi connectivity index (χ2v) is 6.08. The van der Waals surface area contributed by atoms with Crippen molar-refractivity contribution in [1.82, 2.24) is 4.90 Å². The van der Waals surface area contributed by atoms with Gasteiger partial charge in [0.15, 0.2) is 0 Å². The van der Waals surface area contributed by atoms with Crippen molar-refractivity contribution < 1.29 is 0 Å². The Balaban J connectivity index is 2.04. The van der Waals surface area contributed by atoms with Crippen molar-refractivity contribution in [3.63, 3.8) is 0 Å². The van der Waals surface area contributed by atoms with E-state index in [1.54, 1.807) is 0 Å². The second kappa shape index (κ2) is 5.94. The predicted molar refractivity (Wildman–Crippen MR) is 75.8 cm³/mol. The number of nitrogens with two attached hydrogens (primary N) is 1. The number of thioether (sulfide) groups is 1. The molecule has 1 fully saturated rings. The van der Waals surface area contributed by atoms with Crippen molar-refractivity contribution in [2.24, 2.45) is 0 Å². The Morgan fingerprint density at radius 2 is 2.19 bits per heavy atom. The van der Waals surface area contributed by atoms with Gasteiger partial charge in [-0.1, -0.05) is 12.1 Å². The van der Waals surface area contributed by atoms with Gasteiger partial charge in [-0.25, -0.2) is 0 Å². The highest BCUT2D eigenvalue weighted by molar-refractivity contribution is 9.10. The third kappa shape index (κ3) is 3.15. The van der Waals surface area contributed by atoms with Crippen LogP contribution in [0.2, 0.25) is 0 Å². The summed E-state index contributed by atoms with van der Waals surface area (Å²) in [5.74, 6) is 2.55. The first-order valence-corrected chi connectivity index (χ1v) is 7.55. The minimum atomic E-state index is 0.835. The molecular weight excluding hydrogens is 284 g/mol. The van der Waals surface area contributed by atoms with Gasteiger partial charge in [0.2, 0.25) is 0 Å². The Morgan fingerprint density at radius 3 is 3.06 bits per heavy atom. The number of anilines is 1. The maximum atomic E-state index is 5.89. The molecule has 4 heteroatoms. The van der Waals surface area contributed by atoms with Gasteiger partial charge < -0.3 is 5.73 Å². The van der Waals surface area contributed by atoms with E-state index in [1.807, 2.05) is 12.1 Å². The molecular formula is C12H17BrN2S. The lowest BCUT2D eigenvalue weighted by atomic mass is 10.2. The van der Waals surface area contributed by atoms with Gasteiger partial charge in [-0.05, 0) is 46.3 Å². The summed E-state index contributed by atoms with van der Waals surface area (Å²) in [6, 6.07) is 6.12. The summed E-state index contributed by atoms with van der Waals surface area (Å²) < 4.78 is 1.06. The molecule has 1 aromatic carbocycles. The Kier molecular flexibility index (Phi) is 4.55. The van der Waals surface area contributed by atoms with Crippen molar-refractivity contribution in [3.05, 3.63) is 28.2 Å². The van der Waals surface area contributed by atoms with E-state index in [1.165, 1.54) is 36.6 Å². The van der Waals surface area contributed by atoms with E-state index in [2.05, 4.69) is 38.7 Å². The first-order valence-electron chi connectivity index (χ1n) is 5.60. The van der Waals surface area contributed by atoms with E-state index in [0.717, 1.165) is 16.7 Å². The van der Waals surface area contributed by atoms with Gasteiger partial charge in [-0.15, -0.1) is 0 Å². The highest BCUT2D eigenvalue weighted by Crippen LogP contribution is 2.25. The summed E-state index contributed by atoms with van der Waals surface area (Å²) in [7, 11) is 0. The molecule has 0 radical (unpaired) electrons. The zero-order valence-corrected chi connectivity index (χ0v) is 11.7. The number of halogens is 1. The number of rotatable bonds is 2. The molecule has 0 aromatic heterocycles. The average Bonchev–Trinajstić information content (AvgIpc) is 2.53. The van der Waals surface area contributed by atoms with Crippen molar-refractivity contribution in [2.45, 2.75) is 13.0 Å². The molecule has 16 heavy (non-hydrogen) atoms. The highest BCUT2D eigenvalue weighted by Gasteiger charge is 2.11. The summed E-state index contributed by atoms with van der Waals surface area (Å²) in [4.78, 5) is 2.51. The summed E-state index contributed by atoms with van der Waals surface area (Å²) in [5.41, 5.74) is 8.02. The van der Waals surface area contributed by atoms with Crippen molar-refractivity contribution >= 4 is 33.4 Å². The van der Waals surface area contributed by atoms with Gasteiger partial charge in [0.1, 0.15) is 0 Å². The molecule has 0 unspecified atom stereocenters. The largest absolute Gasteiger partial charge is 0.398 e. The third-order valence-electron chi connectivity index (χ3n) is 2.82. The highest BCUT2D eigenvalue weighted by atomic mass is 79.9. The fraction of sp³-hybridized carbons (Fsp3) is 0.500. The van der Waals surface area contributed by atoms with Crippen LogP contribution in [0.3, 0.4) is 0 Å². The molecule has 0 bridgehead atoms. The summed E-state index contributed by atoms with van der Waals surface area (Å²) in [6.45, 7) is 3.40. The monoisotopic (exact) mass is 300 g/mol. The van der Waals surface area contributed by atoms with E-state index in [0.29, 0.717) is 0 Å². The lowest BCUT2D eigenvalue weighted by Crippen LogP contribution is -2.25. The van der Waals surface area contributed by atoms with E-state index in [-0.39, 0.29) is 0 Å². The Morgan fingerprint density at radius 1 is 1.31 bits per heavy atom. The zero-order chi connectivity index (χ0) is 11.4. The number of hydrogen-bond acceptors (Lipinski definition) is 3. The molecule has 1 aliphatic rings. The third-order valence-corrected chi connectivity index (χ3v) is 4.83. The van der Waals surface area contributed by atoms with Crippen LogP contribution in [-0.4, -0.2) is 29.5 Å². The Labute approximate surface area is 110 Å². The molecule has 2 rings (SSSR count). The van der Waals surface area contributed by atoms with Crippen LogP contribution in [0.5, 0.6) is 0 Å². The van der Waals surface area contributed by atoms with Gasteiger partial charge in [0, 0.05) is 29.0 Å². The number of hydrogen-bond donors (Lipinski definition) is 1. The topological polar surface area (TPSA) is 29.3 Å². The summed E-state index contributed by atoms with van der Waals surface area (Å²) in [5, 5.41) is 0. The standard InChI is InChI=1S/C12H17BrN2S/c13-12-10(3-1-4-11(12)14)9-15-5-2-7-16-8-6-15/h1,3-4H,2,5-9,14H2. The molecule has 2 N–H and O–H groups in total. The smallest absolute Gasteiger partial charge is 0.0461 e. The van der Waals surface area contributed by atoms with Gasteiger partial charge >= 0.3 is 0 Å². The van der Waals surface area contributed by atoms with Crippen LogP contribution in [0, 0.1) is 0 Å². The van der Waals surface area contributed by atoms with Crippen molar-refractivity contribution in [1.29, 1.82) is 0 Å². The van der Waals surface area contributed by atoms with E-state index >= 15 is 0 Å². The lowest BCUT2D eigenvalue weighted by Gasteiger charge is -2.20. The molecule has 0 spiro atoms. The fourth-order valence-corrected chi connectivity index (χ4v) is 3.23. The number of nitrogens with zero attached hydrogens (tertiary/aromatic N) is 1. The van der Waals surface area contributed by atoms with Crippen LogP contribution in [0.15, 0.2) is 22.7 Å². The van der Waals surface area contributed by atoms with Crippen molar-refractivity contribution in [3.8, 4) is 0 Å². The van der Waals surface area contributed by atoms with Gasteiger partial charge in [0.25, 0.3) is 0 Å². The van der Waals surface area contributed by atoms with Gasteiger partial charge in [-0.3, -0.25) is 4.90 Å². The fourth-order valence-electron chi connectivity index (χ4n) is 1.92. The average molecular weight is 301 g/mol. The molecule has 1 saturated heterocycles. The first kappa shape index (κ1) is 12.3. The van der Waals surface area contributed by atoms with Crippen LogP contribution < -0.4 is 5.73 Å². The first-order chi connectivity index (χ1) is 7.77. The number of benzene rings is 1. The van der Waals surface area contributed by atoms with Crippen LogP contribution in [0.4, 0.5) is 5.69 Å². The normalized spacial score (nSPS) is 18.3. The molecule has 1 heterocycles. The molecule has 2 nitrogen and oxygen atoms in total. The number of nitrogen functional groups attached to an aromatic ring is 1. The van der Waals surface area contributed by atoms with E-state index in [9.17, 15) is 0 Å².